The number of amides is 1. The van der Waals surface area contributed by atoms with E-state index in [9.17, 15) is 13.2 Å². The summed E-state index contributed by atoms with van der Waals surface area (Å²) in [6, 6.07) is 11.2. The average Bonchev–Trinajstić information content (AvgIpc) is 3.19. The first-order chi connectivity index (χ1) is 14.9. The standard InChI is InChI=1S/C20H18ClN3O6S/c21-14-2-4-15(5-3-14)31(26,27)10-7-18(25)22-20-24-23-19(30-20)12-13-1-6-16-17(11-13)29-9-8-28-16/h1-6,11H,7-10,12H2,(H,22,24,25). The van der Waals surface area contributed by atoms with E-state index in [0.717, 1.165) is 5.56 Å². The second-order valence-corrected chi connectivity index (χ2v) is 9.27. The highest BCUT2D eigenvalue weighted by Crippen LogP contribution is 2.31. The molecule has 0 saturated heterocycles. The van der Waals surface area contributed by atoms with Crippen LogP contribution in [0.2, 0.25) is 5.02 Å². The summed E-state index contributed by atoms with van der Waals surface area (Å²) < 4.78 is 41.1. The van der Waals surface area contributed by atoms with E-state index in [2.05, 4.69) is 15.5 Å². The number of rotatable bonds is 7. The number of aromatic nitrogens is 2. The number of anilines is 1. The molecule has 1 aliphatic heterocycles. The predicted octanol–water partition coefficient (Wildman–Crippen LogP) is 2.89. The van der Waals surface area contributed by atoms with Gasteiger partial charge in [0.05, 0.1) is 17.1 Å². The number of carbonyl (C=O) groups excluding carboxylic acids is 1. The third-order valence-electron chi connectivity index (χ3n) is 4.45. The van der Waals surface area contributed by atoms with E-state index in [4.69, 9.17) is 25.5 Å². The highest BCUT2D eigenvalue weighted by molar-refractivity contribution is 7.91. The van der Waals surface area contributed by atoms with Gasteiger partial charge in [-0.2, -0.15) is 0 Å². The van der Waals surface area contributed by atoms with Gasteiger partial charge in [-0.1, -0.05) is 22.8 Å². The minimum absolute atomic E-state index is 0.0959. The fourth-order valence-electron chi connectivity index (χ4n) is 2.92. The van der Waals surface area contributed by atoms with E-state index in [1.165, 1.54) is 24.3 Å². The zero-order chi connectivity index (χ0) is 21.8. The Morgan fingerprint density at radius 2 is 1.77 bits per heavy atom. The number of nitrogens with one attached hydrogen (secondary N) is 1. The molecule has 1 N–H and O–H groups in total. The number of fused-ring (bicyclic) bond motifs is 1. The maximum Gasteiger partial charge on any atom is 0.322 e. The first kappa shape index (κ1) is 21.1. The van der Waals surface area contributed by atoms with E-state index in [1.54, 1.807) is 0 Å². The van der Waals surface area contributed by atoms with Crippen LogP contribution < -0.4 is 14.8 Å². The van der Waals surface area contributed by atoms with Crippen LogP contribution in [0, 0.1) is 0 Å². The van der Waals surface area contributed by atoms with Gasteiger partial charge in [0.1, 0.15) is 13.2 Å². The van der Waals surface area contributed by atoms with Gasteiger partial charge >= 0.3 is 6.01 Å². The van der Waals surface area contributed by atoms with Gasteiger partial charge < -0.3 is 13.9 Å². The van der Waals surface area contributed by atoms with Crippen LogP contribution in [0.3, 0.4) is 0 Å². The molecule has 9 nitrogen and oxygen atoms in total. The Kier molecular flexibility index (Phi) is 6.10. The lowest BCUT2D eigenvalue weighted by molar-refractivity contribution is -0.116. The highest BCUT2D eigenvalue weighted by Gasteiger charge is 2.18. The molecule has 0 atom stereocenters. The average molecular weight is 464 g/mol. The molecule has 2 aromatic carbocycles. The Bertz CT molecular complexity index is 1190. The monoisotopic (exact) mass is 463 g/mol. The van der Waals surface area contributed by atoms with Gasteiger partial charge in [0.2, 0.25) is 11.8 Å². The fraction of sp³-hybridized carbons (Fsp3) is 0.250. The summed E-state index contributed by atoms with van der Waals surface area (Å²) in [4.78, 5) is 12.2. The number of carbonyl (C=O) groups is 1. The van der Waals surface area contributed by atoms with Gasteiger partial charge in [0.15, 0.2) is 21.3 Å². The van der Waals surface area contributed by atoms with Crippen molar-refractivity contribution in [3.8, 4) is 11.5 Å². The molecule has 3 aromatic rings. The van der Waals surface area contributed by atoms with Crippen LogP contribution in [0.15, 0.2) is 51.8 Å². The predicted molar refractivity (Wildman–Crippen MR) is 111 cm³/mol. The molecule has 0 bridgehead atoms. The number of hydrogen-bond donors (Lipinski definition) is 1. The summed E-state index contributed by atoms with van der Waals surface area (Å²) in [5, 5.41) is 10.5. The first-order valence-electron chi connectivity index (χ1n) is 9.38. The number of halogens is 1. The Morgan fingerprint density at radius 1 is 1.03 bits per heavy atom. The van der Waals surface area contributed by atoms with Gasteiger partial charge in [-0.05, 0) is 42.0 Å². The van der Waals surface area contributed by atoms with E-state index in [1.807, 2.05) is 18.2 Å². The van der Waals surface area contributed by atoms with Crippen molar-refractivity contribution in [2.75, 3.05) is 24.3 Å². The van der Waals surface area contributed by atoms with E-state index < -0.39 is 15.7 Å². The van der Waals surface area contributed by atoms with Crippen LogP contribution in [0.25, 0.3) is 0 Å². The zero-order valence-electron chi connectivity index (χ0n) is 16.2. The number of hydrogen-bond acceptors (Lipinski definition) is 8. The van der Waals surface area contributed by atoms with Crippen LogP contribution in [0.1, 0.15) is 17.9 Å². The minimum atomic E-state index is -3.62. The molecule has 0 spiro atoms. The lowest BCUT2D eigenvalue weighted by atomic mass is 10.1. The number of benzene rings is 2. The molecule has 0 radical (unpaired) electrons. The fourth-order valence-corrected chi connectivity index (χ4v) is 4.28. The molecular weight excluding hydrogens is 446 g/mol. The molecule has 0 aliphatic carbocycles. The quantitative estimate of drug-likeness (QED) is 0.567. The molecule has 2 heterocycles. The Morgan fingerprint density at radius 3 is 2.55 bits per heavy atom. The second-order valence-electron chi connectivity index (χ2n) is 6.73. The third kappa shape index (κ3) is 5.33. The summed E-state index contributed by atoms with van der Waals surface area (Å²) in [6.07, 6.45) is 0.0787. The lowest BCUT2D eigenvalue weighted by Crippen LogP contribution is -2.17. The Balaban J connectivity index is 1.32. The van der Waals surface area contributed by atoms with Crippen molar-refractivity contribution >= 4 is 33.4 Å². The smallest absolute Gasteiger partial charge is 0.322 e. The second kappa shape index (κ2) is 8.94. The first-order valence-corrected chi connectivity index (χ1v) is 11.4. The van der Waals surface area contributed by atoms with Crippen molar-refractivity contribution < 1.29 is 27.1 Å². The normalized spacial score (nSPS) is 13.1. The van der Waals surface area contributed by atoms with E-state index >= 15 is 0 Å². The summed E-state index contributed by atoms with van der Waals surface area (Å²) in [5.41, 5.74) is 0.875. The van der Waals surface area contributed by atoms with Gasteiger partial charge in [-0.15, -0.1) is 5.10 Å². The van der Waals surface area contributed by atoms with Crippen molar-refractivity contribution in [3.05, 3.63) is 58.9 Å². The molecule has 162 valence electrons. The maximum absolute atomic E-state index is 12.3. The number of ether oxygens (including phenoxy) is 2. The molecule has 0 fully saturated rings. The van der Waals surface area contributed by atoms with Crippen molar-refractivity contribution in [2.45, 2.75) is 17.7 Å². The van der Waals surface area contributed by atoms with Crippen molar-refractivity contribution in [1.82, 2.24) is 10.2 Å². The van der Waals surface area contributed by atoms with Gasteiger partial charge in [0.25, 0.3) is 0 Å². The molecule has 0 saturated carbocycles. The largest absolute Gasteiger partial charge is 0.486 e. The molecule has 1 aromatic heterocycles. The van der Waals surface area contributed by atoms with Crippen LogP contribution in [0.4, 0.5) is 6.01 Å². The highest BCUT2D eigenvalue weighted by atomic mass is 35.5. The molecule has 1 amide bonds. The lowest BCUT2D eigenvalue weighted by Gasteiger charge is -2.18. The molecular formula is C20H18ClN3O6S. The topological polar surface area (TPSA) is 121 Å². The molecule has 4 rings (SSSR count). The van der Waals surface area contributed by atoms with Crippen molar-refractivity contribution in [2.24, 2.45) is 0 Å². The Labute approximate surface area is 183 Å². The minimum Gasteiger partial charge on any atom is -0.486 e. The van der Waals surface area contributed by atoms with Crippen LogP contribution in [0.5, 0.6) is 11.5 Å². The van der Waals surface area contributed by atoms with Gasteiger partial charge in [-0.25, -0.2) is 8.42 Å². The summed E-state index contributed by atoms with van der Waals surface area (Å²) in [6.45, 7) is 1.00. The molecule has 11 heteroatoms. The van der Waals surface area contributed by atoms with E-state index in [-0.39, 0.29) is 23.1 Å². The summed E-state index contributed by atoms with van der Waals surface area (Å²) in [7, 11) is -3.62. The van der Waals surface area contributed by atoms with Crippen LogP contribution in [-0.2, 0) is 21.1 Å². The van der Waals surface area contributed by atoms with Crippen LogP contribution in [-0.4, -0.2) is 43.5 Å². The van der Waals surface area contributed by atoms with E-state index in [0.29, 0.717) is 42.0 Å². The van der Waals surface area contributed by atoms with Crippen molar-refractivity contribution in [3.63, 3.8) is 0 Å². The number of sulfone groups is 1. The molecule has 1 aliphatic rings. The zero-order valence-corrected chi connectivity index (χ0v) is 17.8. The molecule has 31 heavy (non-hydrogen) atoms. The third-order valence-corrected chi connectivity index (χ3v) is 6.43. The number of nitrogens with zero attached hydrogens (tertiary/aromatic N) is 2. The van der Waals surface area contributed by atoms with Gasteiger partial charge in [-0.3, -0.25) is 10.1 Å². The van der Waals surface area contributed by atoms with Crippen LogP contribution >= 0.6 is 11.6 Å². The van der Waals surface area contributed by atoms with Gasteiger partial charge in [0, 0.05) is 11.4 Å². The maximum atomic E-state index is 12.3. The SMILES string of the molecule is O=C(CCS(=O)(=O)c1ccc(Cl)cc1)Nc1nnc(Cc2ccc3c(c2)OCCO3)o1. The molecule has 0 unspecified atom stereocenters. The summed E-state index contributed by atoms with van der Waals surface area (Å²) in [5.74, 6) is 0.715. The van der Waals surface area contributed by atoms with Crippen molar-refractivity contribution in [1.29, 1.82) is 0 Å². The Hall–Kier alpha value is -3.11. The summed E-state index contributed by atoms with van der Waals surface area (Å²) >= 11 is 5.77.